The van der Waals surface area contributed by atoms with Gasteiger partial charge in [-0.2, -0.15) is 0 Å². The van der Waals surface area contributed by atoms with Gasteiger partial charge in [-0.1, -0.05) is 71.6 Å². The lowest BCUT2D eigenvalue weighted by Crippen LogP contribution is -2.06. The molecule has 1 nitrogen and oxygen atoms in total. The number of hydrogen-bond acceptors (Lipinski definition) is 1. The first kappa shape index (κ1) is 17.1. The summed E-state index contributed by atoms with van der Waals surface area (Å²) in [5.74, 6) is 0.995. The Kier molecular flexibility index (Phi) is 7.12. The van der Waals surface area contributed by atoms with E-state index >= 15 is 0 Å². The van der Waals surface area contributed by atoms with Crippen LogP contribution in [0.5, 0.6) is 5.75 Å². The molecule has 0 aliphatic heterocycles. The molecule has 0 bridgehead atoms. The minimum absolute atomic E-state index is 0.409. The number of hydrogen-bond donors (Lipinski definition) is 1. The molecular formula is C19H32O. The van der Waals surface area contributed by atoms with Crippen LogP contribution in [-0.4, -0.2) is 5.11 Å². The Morgan fingerprint density at radius 1 is 1.00 bits per heavy atom. The number of phenols is 1. The molecule has 20 heavy (non-hydrogen) atoms. The third-order valence-electron chi connectivity index (χ3n) is 4.01. The van der Waals surface area contributed by atoms with Crippen LogP contribution in [0.1, 0.15) is 84.1 Å². The van der Waals surface area contributed by atoms with Crippen LogP contribution in [0.25, 0.3) is 0 Å². The van der Waals surface area contributed by atoms with E-state index in [0.29, 0.717) is 17.1 Å². The van der Waals surface area contributed by atoms with Crippen LogP contribution < -0.4 is 0 Å². The summed E-state index contributed by atoms with van der Waals surface area (Å²) in [6.45, 7) is 9.16. The summed E-state index contributed by atoms with van der Waals surface area (Å²) >= 11 is 0. The maximum atomic E-state index is 10.1. The van der Waals surface area contributed by atoms with Crippen LogP contribution in [-0.2, 0) is 0 Å². The van der Waals surface area contributed by atoms with Gasteiger partial charge in [-0.15, -0.1) is 0 Å². The van der Waals surface area contributed by atoms with Crippen LogP contribution in [0.15, 0.2) is 24.3 Å². The molecule has 0 radical (unpaired) electrons. The van der Waals surface area contributed by atoms with E-state index < -0.39 is 0 Å². The van der Waals surface area contributed by atoms with Gasteiger partial charge in [0, 0.05) is 0 Å². The first-order chi connectivity index (χ1) is 9.44. The Bertz CT molecular complexity index is 376. The van der Waals surface area contributed by atoms with Gasteiger partial charge in [0.25, 0.3) is 0 Å². The van der Waals surface area contributed by atoms with Crippen molar-refractivity contribution in [3.05, 3.63) is 29.8 Å². The number of phenolic OH excluding ortho intramolecular Hbond substituents is 1. The van der Waals surface area contributed by atoms with Crippen molar-refractivity contribution in [1.82, 2.24) is 0 Å². The van der Waals surface area contributed by atoms with Gasteiger partial charge in [-0.3, -0.25) is 0 Å². The van der Waals surface area contributed by atoms with Crippen LogP contribution in [0.2, 0.25) is 0 Å². The average molecular weight is 276 g/mol. The van der Waals surface area contributed by atoms with Crippen molar-refractivity contribution in [2.75, 3.05) is 0 Å². The summed E-state index contributed by atoms with van der Waals surface area (Å²) in [6, 6.07) is 7.89. The molecule has 0 aliphatic rings. The predicted octanol–water partition coefficient (Wildman–Crippen LogP) is 6.27. The second-order valence-electron chi connectivity index (χ2n) is 7.20. The Balaban J connectivity index is 2.63. The SMILES string of the molecule is CCCCCC(CCCC(C)(C)C)c1ccccc1O. The molecule has 1 rings (SSSR count). The summed E-state index contributed by atoms with van der Waals surface area (Å²) in [7, 11) is 0. The molecule has 1 unspecified atom stereocenters. The van der Waals surface area contributed by atoms with Gasteiger partial charge in [0.15, 0.2) is 0 Å². The molecule has 114 valence electrons. The molecule has 1 heteroatoms. The van der Waals surface area contributed by atoms with Crippen molar-refractivity contribution in [1.29, 1.82) is 0 Å². The fourth-order valence-corrected chi connectivity index (χ4v) is 2.81. The smallest absolute Gasteiger partial charge is 0.119 e. The van der Waals surface area contributed by atoms with E-state index in [2.05, 4.69) is 33.8 Å². The molecule has 1 aromatic carbocycles. The van der Waals surface area contributed by atoms with Gasteiger partial charge in [-0.05, 0) is 42.2 Å². The standard InChI is InChI=1S/C19H32O/c1-5-6-7-11-16(12-10-15-19(2,3)4)17-13-8-9-14-18(17)20/h8-9,13-14,16,20H,5-7,10-12,15H2,1-4H3. The van der Waals surface area contributed by atoms with E-state index in [1.54, 1.807) is 0 Å². The molecule has 1 aromatic rings. The quantitative estimate of drug-likeness (QED) is 0.554. The third kappa shape index (κ3) is 6.45. The largest absolute Gasteiger partial charge is 0.508 e. The molecule has 0 heterocycles. The van der Waals surface area contributed by atoms with Gasteiger partial charge in [0.2, 0.25) is 0 Å². The van der Waals surface area contributed by atoms with E-state index in [1.165, 1.54) is 44.9 Å². The zero-order valence-electron chi connectivity index (χ0n) is 13.8. The first-order valence-corrected chi connectivity index (χ1v) is 8.22. The number of aromatic hydroxyl groups is 1. The second-order valence-corrected chi connectivity index (χ2v) is 7.20. The normalized spacial score (nSPS) is 13.4. The zero-order valence-corrected chi connectivity index (χ0v) is 13.8. The van der Waals surface area contributed by atoms with Crippen LogP contribution >= 0.6 is 0 Å². The molecule has 0 spiro atoms. The summed E-state index contributed by atoms with van der Waals surface area (Å²) in [6.07, 6.45) is 8.72. The lowest BCUT2D eigenvalue weighted by Gasteiger charge is -2.22. The fraction of sp³-hybridized carbons (Fsp3) is 0.684. The summed E-state index contributed by atoms with van der Waals surface area (Å²) < 4.78 is 0. The maximum Gasteiger partial charge on any atom is 0.119 e. The number of para-hydroxylation sites is 1. The highest BCUT2D eigenvalue weighted by atomic mass is 16.3. The minimum atomic E-state index is 0.409. The van der Waals surface area contributed by atoms with Crippen molar-refractivity contribution in [2.24, 2.45) is 5.41 Å². The fourth-order valence-electron chi connectivity index (χ4n) is 2.81. The molecular weight excluding hydrogens is 244 g/mol. The van der Waals surface area contributed by atoms with E-state index in [0.717, 1.165) is 5.56 Å². The van der Waals surface area contributed by atoms with Crippen LogP contribution in [0.3, 0.4) is 0 Å². The first-order valence-electron chi connectivity index (χ1n) is 8.22. The molecule has 0 aromatic heterocycles. The lowest BCUT2D eigenvalue weighted by atomic mass is 9.84. The number of rotatable bonds is 8. The van der Waals surface area contributed by atoms with Gasteiger partial charge in [0.05, 0.1) is 0 Å². The molecule has 0 saturated heterocycles. The van der Waals surface area contributed by atoms with Crippen molar-refractivity contribution < 1.29 is 5.11 Å². The highest BCUT2D eigenvalue weighted by Crippen LogP contribution is 2.35. The molecule has 0 saturated carbocycles. The van der Waals surface area contributed by atoms with E-state index in [-0.39, 0.29) is 0 Å². The summed E-state index contributed by atoms with van der Waals surface area (Å²) in [5, 5.41) is 10.1. The maximum absolute atomic E-state index is 10.1. The topological polar surface area (TPSA) is 20.2 Å². The van der Waals surface area contributed by atoms with E-state index in [4.69, 9.17) is 0 Å². The number of benzene rings is 1. The average Bonchev–Trinajstić information content (AvgIpc) is 2.37. The predicted molar refractivity (Wildman–Crippen MR) is 88.3 cm³/mol. The van der Waals surface area contributed by atoms with Crippen LogP contribution in [0, 0.1) is 5.41 Å². The highest BCUT2D eigenvalue weighted by molar-refractivity contribution is 5.34. The Morgan fingerprint density at radius 2 is 1.65 bits per heavy atom. The molecule has 0 amide bonds. The van der Waals surface area contributed by atoms with Gasteiger partial charge >= 0.3 is 0 Å². The molecule has 1 N–H and O–H groups in total. The van der Waals surface area contributed by atoms with Crippen molar-refractivity contribution in [3.63, 3.8) is 0 Å². The Labute approximate surface area is 125 Å². The third-order valence-corrected chi connectivity index (χ3v) is 4.01. The molecule has 0 fully saturated rings. The van der Waals surface area contributed by atoms with Crippen molar-refractivity contribution >= 4 is 0 Å². The van der Waals surface area contributed by atoms with Gasteiger partial charge in [-0.25, -0.2) is 0 Å². The van der Waals surface area contributed by atoms with E-state index in [1.807, 2.05) is 18.2 Å². The van der Waals surface area contributed by atoms with Crippen molar-refractivity contribution in [2.45, 2.75) is 78.6 Å². The monoisotopic (exact) mass is 276 g/mol. The molecule has 0 aliphatic carbocycles. The molecule has 1 atom stereocenters. The Morgan fingerprint density at radius 3 is 2.25 bits per heavy atom. The second kappa shape index (κ2) is 8.34. The lowest BCUT2D eigenvalue weighted by molar-refractivity contribution is 0.347. The van der Waals surface area contributed by atoms with Gasteiger partial charge in [0.1, 0.15) is 5.75 Å². The minimum Gasteiger partial charge on any atom is -0.508 e. The summed E-state index contributed by atoms with van der Waals surface area (Å²) in [4.78, 5) is 0. The zero-order chi connectivity index (χ0) is 15.0. The van der Waals surface area contributed by atoms with Crippen LogP contribution in [0.4, 0.5) is 0 Å². The number of unbranched alkanes of at least 4 members (excludes halogenated alkanes) is 2. The van der Waals surface area contributed by atoms with E-state index in [9.17, 15) is 5.11 Å². The van der Waals surface area contributed by atoms with Gasteiger partial charge < -0.3 is 5.11 Å². The summed E-state index contributed by atoms with van der Waals surface area (Å²) in [5.41, 5.74) is 1.56. The highest BCUT2D eigenvalue weighted by Gasteiger charge is 2.16. The Hall–Kier alpha value is -0.980. The van der Waals surface area contributed by atoms with Crippen molar-refractivity contribution in [3.8, 4) is 5.75 Å².